The van der Waals surface area contributed by atoms with Crippen LogP contribution in [0.5, 0.6) is 0 Å². The molecule has 3 heteroatoms. The molecule has 2 N–H and O–H groups in total. The highest BCUT2D eigenvalue weighted by Crippen LogP contribution is 2.32. The number of amides is 1. The Bertz CT molecular complexity index is 711. The van der Waals surface area contributed by atoms with E-state index in [4.69, 9.17) is 5.73 Å². The van der Waals surface area contributed by atoms with Crippen LogP contribution in [0.15, 0.2) is 48.5 Å². The summed E-state index contributed by atoms with van der Waals surface area (Å²) in [4.78, 5) is 14.8. The predicted molar refractivity (Wildman–Crippen MR) is 97.9 cm³/mol. The van der Waals surface area contributed by atoms with E-state index >= 15 is 0 Å². The van der Waals surface area contributed by atoms with Gasteiger partial charge in [0, 0.05) is 19.0 Å². The van der Waals surface area contributed by atoms with Crippen LogP contribution < -0.4 is 5.73 Å². The smallest absolute Gasteiger partial charge is 0.227 e. The normalized spacial score (nSPS) is 20.4. The summed E-state index contributed by atoms with van der Waals surface area (Å²) >= 11 is 0. The number of carbonyl (C=O) groups is 1. The van der Waals surface area contributed by atoms with Gasteiger partial charge in [-0.1, -0.05) is 54.1 Å². The molecular formula is C21H26N2O. The minimum atomic E-state index is 0.209. The molecule has 0 aromatic heterocycles. The SMILES string of the molecule is Cc1ccc(C)c(CC(=O)N2C[C@@H](CN)[C@H](c3ccccc3)C2)c1. The highest BCUT2D eigenvalue weighted by molar-refractivity contribution is 5.79. The second kappa shape index (κ2) is 7.18. The molecule has 0 radical (unpaired) electrons. The van der Waals surface area contributed by atoms with Crippen LogP contribution in [0.25, 0.3) is 0 Å². The van der Waals surface area contributed by atoms with Gasteiger partial charge in [-0.2, -0.15) is 0 Å². The van der Waals surface area contributed by atoms with Gasteiger partial charge in [-0.25, -0.2) is 0 Å². The number of hydrogen-bond donors (Lipinski definition) is 1. The largest absolute Gasteiger partial charge is 0.341 e. The summed E-state index contributed by atoms with van der Waals surface area (Å²) in [5, 5.41) is 0. The second-order valence-corrected chi connectivity index (χ2v) is 6.92. The van der Waals surface area contributed by atoms with E-state index in [9.17, 15) is 4.79 Å². The van der Waals surface area contributed by atoms with Crippen LogP contribution in [0.3, 0.4) is 0 Å². The Morgan fingerprint density at radius 2 is 1.88 bits per heavy atom. The van der Waals surface area contributed by atoms with Crippen LogP contribution >= 0.6 is 0 Å². The Labute approximate surface area is 144 Å². The number of benzene rings is 2. The van der Waals surface area contributed by atoms with Crippen LogP contribution in [0, 0.1) is 19.8 Å². The van der Waals surface area contributed by atoms with Crippen molar-refractivity contribution in [3.05, 3.63) is 70.8 Å². The average molecular weight is 322 g/mol. The van der Waals surface area contributed by atoms with Crippen molar-refractivity contribution in [2.45, 2.75) is 26.2 Å². The van der Waals surface area contributed by atoms with Gasteiger partial charge in [-0.05, 0) is 43.0 Å². The summed E-state index contributed by atoms with van der Waals surface area (Å²) in [5.41, 5.74) is 10.8. The third-order valence-electron chi connectivity index (χ3n) is 5.17. The van der Waals surface area contributed by atoms with Crippen molar-refractivity contribution in [3.63, 3.8) is 0 Å². The third kappa shape index (κ3) is 3.51. The Hall–Kier alpha value is -2.13. The molecule has 0 saturated carbocycles. The van der Waals surface area contributed by atoms with Gasteiger partial charge in [0.15, 0.2) is 0 Å². The predicted octanol–water partition coefficient (Wildman–Crippen LogP) is 3.05. The quantitative estimate of drug-likeness (QED) is 0.940. The minimum absolute atomic E-state index is 0.209. The lowest BCUT2D eigenvalue weighted by atomic mass is 9.89. The minimum Gasteiger partial charge on any atom is -0.341 e. The molecule has 1 amide bonds. The number of rotatable bonds is 4. The van der Waals surface area contributed by atoms with E-state index in [-0.39, 0.29) is 5.91 Å². The summed E-state index contributed by atoms with van der Waals surface area (Å²) in [6.45, 7) is 6.29. The molecular weight excluding hydrogens is 296 g/mol. The molecule has 3 nitrogen and oxygen atoms in total. The van der Waals surface area contributed by atoms with Gasteiger partial charge < -0.3 is 10.6 Å². The third-order valence-corrected chi connectivity index (χ3v) is 5.17. The lowest BCUT2D eigenvalue weighted by molar-refractivity contribution is -0.129. The van der Waals surface area contributed by atoms with Gasteiger partial charge in [0.2, 0.25) is 5.91 Å². The van der Waals surface area contributed by atoms with E-state index in [1.54, 1.807) is 0 Å². The Morgan fingerprint density at radius 3 is 2.58 bits per heavy atom. The van der Waals surface area contributed by atoms with E-state index in [0.717, 1.165) is 18.7 Å². The maximum Gasteiger partial charge on any atom is 0.227 e. The molecule has 24 heavy (non-hydrogen) atoms. The summed E-state index contributed by atoms with van der Waals surface area (Å²) in [6.07, 6.45) is 0.478. The van der Waals surface area contributed by atoms with E-state index in [1.807, 2.05) is 11.0 Å². The zero-order valence-electron chi connectivity index (χ0n) is 14.5. The topological polar surface area (TPSA) is 46.3 Å². The van der Waals surface area contributed by atoms with Crippen molar-refractivity contribution in [1.82, 2.24) is 4.90 Å². The van der Waals surface area contributed by atoms with E-state index in [0.29, 0.717) is 24.8 Å². The number of hydrogen-bond acceptors (Lipinski definition) is 2. The first-order chi connectivity index (χ1) is 11.6. The Kier molecular flexibility index (Phi) is 5.00. The molecule has 2 atom stereocenters. The molecule has 3 rings (SSSR count). The fourth-order valence-corrected chi connectivity index (χ4v) is 3.66. The molecule has 1 aliphatic rings. The molecule has 1 fully saturated rings. The summed E-state index contributed by atoms with van der Waals surface area (Å²) in [5.74, 6) is 0.897. The lowest BCUT2D eigenvalue weighted by Crippen LogP contribution is -2.31. The first kappa shape index (κ1) is 16.7. The summed E-state index contributed by atoms with van der Waals surface area (Å²) in [6, 6.07) is 16.7. The van der Waals surface area contributed by atoms with Crippen LogP contribution in [-0.4, -0.2) is 30.4 Å². The van der Waals surface area contributed by atoms with Crippen molar-refractivity contribution in [2.75, 3.05) is 19.6 Å². The van der Waals surface area contributed by atoms with Gasteiger partial charge in [-0.15, -0.1) is 0 Å². The van der Waals surface area contributed by atoms with Crippen molar-refractivity contribution < 1.29 is 4.79 Å². The Balaban J connectivity index is 1.73. The molecule has 2 aromatic carbocycles. The summed E-state index contributed by atoms with van der Waals surface area (Å²) < 4.78 is 0. The molecule has 1 heterocycles. The number of nitrogens with zero attached hydrogens (tertiary/aromatic N) is 1. The zero-order chi connectivity index (χ0) is 17.1. The van der Waals surface area contributed by atoms with Crippen LogP contribution in [0.4, 0.5) is 0 Å². The first-order valence-electron chi connectivity index (χ1n) is 8.67. The highest BCUT2D eigenvalue weighted by Gasteiger charge is 2.35. The molecule has 0 bridgehead atoms. The second-order valence-electron chi connectivity index (χ2n) is 6.92. The number of carbonyl (C=O) groups excluding carboxylic acids is 1. The van der Waals surface area contributed by atoms with Gasteiger partial charge >= 0.3 is 0 Å². The molecule has 1 saturated heterocycles. The van der Waals surface area contributed by atoms with E-state index in [1.165, 1.54) is 16.7 Å². The van der Waals surface area contributed by atoms with E-state index in [2.05, 4.69) is 56.3 Å². The number of likely N-dealkylation sites (tertiary alicyclic amines) is 1. The van der Waals surface area contributed by atoms with Gasteiger partial charge in [0.25, 0.3) is 0 Å². The molecule has 126 valence electrons. The highest BCUT2D eigenvalue weighted by atomic mass is 16.2. The van der Waals surface area contributed by atoms with Crippen molar-refractivity contribution in [3.8, 4) is 0 Å². The van der Waals surface area contributed by atoms with Crippen LogP contribution in [-0.2, 0) is 11.2 Å². The maximum atomic E-state index is 12.8. The molecule has 0 unspecified atom stereocenters. The Morgan fingerprint density at radius 1 is 1.12 bits per heavy atom. The van der Waals surface area contributed by atoms with Crippen molar-refractivity contribution >= 4 is 5.91 Å². The van der Waals surface area contributed by atoms with Crippen molar-refractivity contribution in [2.24, 2.45) is 11.7 Å². The molecule has 1 aliphatic heterocycles. The van der Waals surface area contributed by atoms with Gasteiger partial charge in [0.1, 0.15) is 0 Å². The fourth-order valence-electron chi connectivity index (χ4n) is 3.66. The molecule has 0 aliphatic carbocycles. The maximum absolute atomic E-state index is 12.8. The number of aryl methyl sites for hydroxylation is 2. The van der Waals surface area contributed by atoms with Crippen LogP contribution in [0.1, 0.15) is 28.2 Å². The fraction of sp³-hybridized carbons (Fsp3) is 0.381. The monoisotopic (exact) mass is 322 g/mol. The summed E-state index contributed by atoms with van der Waals surface area (Å²) in [7, 11) is 0. The van der Waals surface area contributed by atoms with E-state index < -0.39 is 0 Å². The number of nitrogens with two attached hydrogens (primary N) is 1. The molecule has 2 aromatic rings. The average Bonchev–Trinajstić information content (AvgIpc) is 3.03. The zero-order valence-corrected chi connectivity index (χ0v) is 14.5. The van der Waals surface area contributed by atoms with Crippen molar-refractivity contribution in [1.29, 1.82) is 0 Å². The standard InChI is InChI=1S/C21H26N2O/c1-15-8-9-16(2)18(10-15)11-21(24)23-13-19(12-22)20(14-23)17-6-4-3-5-7-17/h3-10,19-20H,11-14,22H2,1-2H3/t19-,20+/m1/s1. The van der Waals surface area contributed by atoms with Gasteiger partial charge in [0.05, 0.1) is 6.42 Å². The van der Waals surface area contributed by atoms with Gasteiger partial charge in [-0.3, -0.25) is 4.79 Å². The lowest BCUT2D eigenvalue weighted by Gasteiger charge is -2.17. The van der Waals surface area contributed by atoms with Crippen LogP contribution in [0.2, 0.25) is 0 Å². The first-order valence-corrected chi connectivity index (χ1v) is 8.67. The molecule has 0 spiro atoms.